The smallest absolute Gasteiger partial charge is 0.378 e. The van der Waals surface area contributed by atoms with Crippen LogP contribution in [0.2, 0.25) is 0 Å². The van der Waals surface area contributed by atoms with Gasteiger partial charge in [0.05, 0.1) is 13.7 Å². The van der Waals surface area contributed by atoms with Gasteiger partial charge in [-0.2, -0.15) is 0 Å². The van der Waals surface area contributed by atoms with E-state index < -0.39 is 17.5 Å². The van der Waals surface area contributed by atoms with Gasteiger partial charge in [0, 0.05) is 0 Å². The van der Waals surface area contributed by atoms with Crippen LogP contribution in [0.4, 0.5) is 0 Å². The monoisotopic (exact) mass is 249 g/mol. The molecule has 0 atom stereocenters. The lowest BCUT2D eigenvalue weighted by atomic mass is 10.1. The molecule has 96 valence electrons. The Labute approximate surface area is 105 Å². The van der Waals surface area contributed by atoms with Gasteiger partial charge in [0.25, 0.3) is 5.78 Å². The van der Waals surface area contributed by atoms with E-state index in [4.69, 9.17) is 4.74 Å². The Balaban J connectivity index is 2.81. The third-order valence-corrected chi connectivity index (χ3v) is 2.11. The number of hydrogen-bond acceptors (Lipinski definition) is 5. The fourth-order valence-electron chi connectivity index (χ4n) is 1.22. The van der Waals surface area contributed by atoms with Crippen LogP contribution in [0.3, 0.4) is 0 Å². The first kappa shape index (κ1) is 13.8. The summed E-state index contributed by atoms with van der Waals surface area (Å²) in [4.78, 5) is 22.3. The molecule has 0 heterocycles. The molecule has 1 rings (SSSR count). The lowest BCUT2D eigenvalue weighted by molar-refractivity contribution is -0.243. The third-order valence-electron chi connectivity index (χ3n) is 2.11. The molecule has 5 heteroatoms. The Hall–Kier alpha value is -2.30. The Morgan fingerprint density at radius 3 is 2.39 bits per heavy atom. The third kappa shape index (κ3) is 3.62. The van der Waals surface area contributed by atoms with Gasteiger partial charge in [-0.25, -0.2) is 4.79 Å². The van der Waals surface area contributed by atoms with Crippen LogP contribution in [-0.2, 0) is 14.3 Å². The van der Waals surface area contributed by atoms with Gasteiger partial charge in [-0.15, -0.1) is 0 Å². The summed E-state index contributed by atoms with van der Waals surface area (Å²) in [5, 5.41) is 11.6. The summed E-state index contributed by atoms with van der Waals surface area (Å²) >= 11 is 0. The summed E-state index contributed by atoms with van der Waals surface area (Å²) in [6.45, 7) is 1.67. The predicted molar refractivity (Wildman–Crippen MR) is 62.6 cm³/mol. The summed E-state index contributed by atoms with van der Waals surface area (Å²) in [5.74, 6) is -1.93. The Kier molecular flexibility index (Phi) is 4.92. The number of hydrogen-bond donors (Lipinski definition) is 0. The fraction of sp³-hybridized carbons (Fsp3) is 0.231. The minimum atomic E-state index is -1.03. The number of ketones is 1. The van der Waals surface area contributed by atoms with Crippen molar-refractivity contribution in [2.75, 3.05) is 13.7 Å². The first-order valence-electron chi connectivity index (χ1n) is 5.32. The van der Waals surface area contributed by atoms with E-state index in [1.807, 2.05) is 0 Å². The molecule has 5 nitrogen and oxygen atoms in total. The van der Waals surface area contributed by atoms with Crippen molar-refractivity contribution >= 4 is 17.5 Å². The normalized spacial score (nSPS) is 10.9. The van der Waals surface area contributed by atoms with Crippen molar-refractivity contribution in [1.29, 1.82) is 0 Å². The van der Waals surface area contributed by atoms with Gasteiger partial charge in [-0.05, 0) is 30.7 Å². The Morgan fingerprint density at radius 1 is 1.28 bits per heavy atom. The minimum absolute atomic E-state index is 0.0924. The van der Waals surface area contributed by atoms with E-state index in [-0.39, 0.29) is 6.61 Å². The standard InChI is InChI=1S/C13H14O5/c1-3-18-13(16)12(15)8-11(14)9-4-6-10(17-2)7-5-9/h4-8,14H,3H2,1-2H3/p-1/b11-8-. The first-order valence-corrected chi connectivity index (χ1v) is 5.32. The van der Waals surface area contributed by atoms with Crippen LogP contribution in [0.25, 0.3) is 5.76 Å². The molecule has 18 heavy (non-hydrogen) atoms. The predicted octanol–water partition coefficient (Wildman–Crippen LogP) is 0.529. The van der Waals surface area contributed by atoms with Crippen molar-refractivity contribution < 1.29 is 24.2 Å². The number of esters is 1. The zero-order valence-corrected chi connectivity index (χ0v) is 10.1. The molecule has 0 unspecified atom stereocenters. The molecule has 0 saturated heterocycles. The number of benzene rings is 1. The van der Waals surface area contributed by atoms with Crippen molar-refractivity contribution in [2.45, 2.75) is 6.92 Å². The molecule has 0 bridgehead atoms. The van der Waals surface area contributed by atoms with Crippen molar-refractivity contribution in [3.05, 3.63) is 35.9 Å². The van der Waals surface area contributed by atoms with Crippen LogP contribution in [0, 0.1) is 0 Å². The summed E-state index contributed by atoms with van der Waals surface area (Å²) in [5.41, 5.74) is 0.299. The average molecular weight is 249 g/mol. The zero-order valence-electron chi connectivity index (χ0n) is 10.1. The molecule has 0 radical (unpaired) electrons. The lowest BCUT2D eigenvalue weighted by Gasteiger charge is -2.12. The maximum Gasteiger partial charge on any atom is 0.378 e. The molecule has 0 aliphatic heterocycles. The molecular weight excluding hydrogens is 236 g/mol. The highest BCUT2D eigenvalue weighted by Gasteiger charge is 2.10. The van der Waals surface area contributed by atoms with Crippen LogP contribution in [0.15, 0.2) is 30.3 Å². The zero-order chi connectivity index (χ0) is 13.5. The number of ether oxygens (including phenoxy) is 2. The Morgan fingerprint density at radius 2 is 1.89 bits per heavy atom. The van der Waals surface area contributed by atoms with Crippen LogP contribution < -0.4 is 9.84 Å². The van der Waals surface area contributed by atoms with E-state index in [1.165, 1.54) is 19.2 Å². The fourth-order valence-corrected chi connectivity index (χ4v) is 1.22. The molecular formula is C13H13O5-. The van der Waals surface area contributed by atoms with Crippen molar-refractivity contribution in [2.24, 2.45) is 0 Å². The number of carbonyl (C=O) groups excluding carboxylic acids is 2. The van der Waals surface area contributed by atoms with E-state index in [2.05, 4.69) is 4.74 Å². The molecule has 0 aliphatic rings. The van der Waals surface area contributed by atoms with E-state index in [0.717, 1.165) is 6.08 Å². The molecule has 0 fully saturated rings. The number of rotatable bonds is 5. The summed E-state index contributed by atoms with van der Waals surface area (Å²) in [7, 11) is 1.51. The second-order valence-corrected chi connectivity index (χ2v) is 3.32. The van der Waals surface area contributed by atoms with Gasteiger partial charge < -0.3 is 14.6 Å². The van der Waals surface area contributed by atoms with Gasteiger partial charge in [-0.3, -0.25) is 4.79 Å². The summed E-state index contributed by atoms with van der Waals surface area (Å²) < 4.78 is 9.42. The molecule has 1 aromatic carbocycles. The molecule has 0 amide bonds. The van der Waals surface area contributed by atoms with Gasteiger partial charge in [0.15, 0.2) is 0 Å². The number of methoxy groups -OCH3 is 1. The first-order chi connectivity index (χ1) is 8.58. The molecule has 0 spiro atoms. The van der Waals surface area contributed by atoms with Crippen LogP contribution in [0.1, 0.15) is 12.5 Å². The van der Waals surface area contributed by atoms with Gasteiger partial charge in [0.2, 0.25) is 0 Å². The lowest BCUT2D eigenvalue weighted by Crippen LogP contribution is -2.17. The Bertz CT molecular complexity index is 459. The summed E-state index contributed by atoms with van der Waals surface area (Å²) in [6.07, 6.45) is 0.722. The average Bonchev–Trinajstić information content (AvgIpc) is 2.39. The minimum Gasteiger partial charge on any atom is -0.872 e. The molecule has 1 aromatic rings. The van der Waals surface area contributed by atoms with Crippen molar-refractivity contribution in [3.8, 4) is 5.75 Å². The van der Waals surface area contributed by atoms with E-state index in [0.29, 0.717) is 11.3 Å². The summed E-state index contributed by atoms with van der Waals surface area (Å²) in [6, 6.07) is 6.21. The van der Waals surface area contributed by atoms with Crippen molar-refractivity contribution in [1.82, 2.24) is 0 Å². The molecule has 0 aliphatic carbocycles. The van der Waals surface area contributed by atoms with Crippen LogP contribution in [-0.4, -0.2) is 25.5 Å². The maximum absolute atomic E-state index is 11.6. The highest BCUT2D eigenvalue weighted by Crippen LogP contribution is 2.15. The van der Waals surface area contributed by atoms with E-state index in [1.54, 1.807) is 19.1 Å². The van der Waals surface area contributed by atoms with E-state index >= 15 is 0 Å². The topological polar surface area (TPSA) is 75.7 Å². The highest BCUT2D eigenvalue weighted by molar-refractivity contribution is 6.39. The molecule has 0 aromatic heterocycles. The van der Waals surface area contributed by atoms with Gasteiger partial charge in [-0.1, -0.05) is 17.9 Å². The quantitative estimate of drug-likeness (QED) is 0.329. The molecule has 0 saturated carbocycles. The number of carbonyl (C=O) groups is 2. The van der Waals surface area contributed by atoms with Gasteiger partial charge in [0.1, 0.15) is 5.75 Å². The molecule has 0 N–H and O–H groups in total. The van der Waals surface area contributed by atoms with E-state index in [9.17, 15) is 14.7 Å². The SMILES string of the molecule is CCOC(=O)C(=O)/C=C(\[O-])c1ccc(OC)cc1. The van der Waals surface area contributed by atoms with Crippen LogP contribution >= 0.6 is 0 Å². The van der Waals surface area contributed by atoms with Crippen LogP contribution in [0.5, 0.6) is 5.75 Å². The second kappa shape index (κ2) is 6.44. The van der Waals surface area contributed by atoms with Crippen molar-refractivity contribution in [3.63, 3.8) is 0 Å². The largest absolute Gasteiger partial charge is 0.872 e. The highest BCUT2D eigenvalue weighted by atomic mass is 16.5. The van der Waals surface area contributed by atoms with Gasteiger partial charge >= 0.3 is 5.97 Å². The second-order valence-electron chi connectivity index (χ2n) is 3.32. The maximum atomic E-state index is 11.6.